The van der Waals surface area contributed by atoms with Crippen LogP contribution in [-0.4, -0.2) is 20.3 Å². The average molecular weight is 480 g/mol. The second-order valence-electron chi connectivity index (χ2n) is 7.57. The van der Waals surface area contributed by atoms with Gasteiger partial charge >= 0.3 is 12.2 Å². The standard InChI is InChI=1S/C19H21F4N3O3S2/c1-4-9-14(10-6-5-7-12(10)24-15(9)19(21,22)23)25-17(27)26-31(29)16-11(20)8-13(30-16)18(2,3)28/h8,28,31H,4-7H2,1-3H3,(H,24,25,27). The molecule has 1 atom stereocenters. The molecule has 2 heterocycles. The van der Waals surface area contributed by atoms with Crippen LogP contribution < -0.4 is 5.32 Å². The van der Waals surface area contributed by atoms with Gasteiger partial charge in [0.25, 0.3) is 0 Å². The molecule has 2 amide bonds. The molecule has 0 radical (unpaired) electrons. The first-order chi connectivity index (χ1) is 14.3. The first-order valence-electron chi connectivity index (χ1n) is 9.46. The predicted octanol–water partition coefficient (Wildman–Crippen LogP) is 4.84. The quantitative estimate of drug-likeness (QED) is 0.433. The van der Waals surface area contributed by atoms with E-state index in [9.17, 15) is 31.7 Å². The smallest absolute Gasteiger partial charge is 0.385 e. The van der Waals surface area contributed by atoms with Crippen LogP contribution in [0, 0.1) is 5.82 Å². The van der Waals surface area contributed by atoms with E-state index >= 15 is 0 Å². The third kappa shape index (κ3) is 4.90. The number of hydrogen-bond acceptors (Lipinski definition) is 5. The molecule has 2 aromatic rings. The molecule has 6 nitrogen and oxygen atoms in total. The Morgan fingerprint density at radius 3 is 2.58 bits per heavy atom. The summed E-state index contributed by atoms with van der Waals surface area (Å²) in [6, 6.07) is -0.122. The van der Waals surface area contributed by atoms with Crippen molar-refractivity contribution in [2.45, 2.75) is 62.4 Å². The third-order valence-electron chi connectivity index (χ3n) is 4.81. The molecule has 1 unspecified atom stereocenters. The van der Waals surface area contributed by atoms with Crippen molar-refractivity contribution >= 4 is 33.7 Å². The number of pyridine rings is 1. The summed E-state index contributed by atoms with van der Waals surface area (Å²) >= 11 is 0.715. The lowest BCUT2D eigenvalue weighted by Gasteiger charge is -2.18. The molecule has 0 fully saturated rings. The maximum Gasteiger partial charge on any atom is 0.433 e. The van der Waals surface area contributed by atoms with Crippen molar-refractivity contribution in [3.8, 4) is 0 Å². The number of fused-ring (bicyclic) bond motifs is 1. The van der Waals surface area contributed by atoms with Gasteiger partial charge in [0.1, 0.15) is 9.90 Å². The lowest BCUT2D eigenvalue weighted by molar-refractivity contribution is -0.141. The van der Waals surface area contributed by atoms with Gasteiger partial charge in [0.05, 0.1) is 21.9 Å². The minimum Gasteiger partial charge on any atom is -0.385 e. The number of carbonyl (C=O) groups is 1. The highest BCUT2D eigenvalue weighted by atomic mass is 32.2. The monoisotopic (exact) mass is 479 g/mol. The van der Waals surface area contributed by atoms with Crippen molar-refractivity contribution in [1.82, 2.24) is 4.98 Å². The fraction of sp³-hybridized carbons (Fsp3) is 0.474. The van der Waals surface area contributed by atoms with Crippen LogP contribution in [0.15, 0.2) is 14.6 Å². The summed E-state index contributed by atoms with van der Waals surface area (Å²) in [6.07, 6.45) is -3.33. The molecule has 0 aromatic carbocycles. The molecular weight excluding hydrogens is 458 g/mol. The molecule has 2 N–H and O–H groups in total. The highest BCUT2D eigenvalue weighted by molar-refractivity contribution is 7.78. The Kier molecular flexibility index (Phi) is 6.45. The van der Waals surface area contributed by atoms with Gasteiger partial charge in [-0.25, -0.2) is 18.4 Å². The normalized spacial score (nSPS) is 15.2. The number of amides is 2. The van der Waals surface area contributed by atoms with Gasteiger partial charge in [-0.15, -0.1) is 15.7 Å². The zero-order valence-corrected chi connectivity index (χ0v) is 18.6. The Morgan fingerprint density at radius 2 is 2.03 bits per heavy atom. The minimum absolute atomic E-state index is 0.0155. The second-order valence-corrected chi connectivity index (χ2v) is 10.1. The van der Waals surface area contributed by atoms with Gasteiger partial charge in [-0.05, 0) is 51.2 Å². The molecule has 12 heteroatoms. The Bertz CT molecular complexity index is 1110. The number of nitrogens with zero attached hydrogens (tertiary/aromatic N) is 2. The van der Waals surface area contributed by atoms with Gasteiger partial charge in [-0.2, -0.15) is 13.2 Å². The van der Waals surface area contributed by atoms with Gasteiger partial charge < -0.3 is 10.4 Å². The largest absolute Gasteiger partial charge is 0.433 e. The Labute approximate surface area is 181 Å². The molecule has 170 valence electrons. The molecule has 1 aliphatic carbocycles. The number of thiol groups is 1. The van der Waals surface area contributed by atoms with E-state index in [2.05, 4.69) is 14.7 Å². The number of aromatic nitrogens is 1. The minimum atomic E-state index is -4.70. The first-order valence-corrected chi connectivity index (χ1v) is 11.5. The number of alkyl halides is 3. The summed E-state index contributed by atoms with van der Waals surface area (Å²) in [5.41, 5.74) is -1.84. The average Bonchev–Trinajstić information content (AvgIpc) is 3.26. The number of carbonyl (C=O) groups excluding carboxylic acids is 1. The summed E-state index contributed by atoms with van der Waals surface area (Å²) in [5, 5.41) is 12.3. The van der Waals surface area contributed by atoms with E-state index in [-0.39, 0.29) is 32.5 Å². The molecule has 2 aromatic heterocycles. The number of anilines is 1. The van der Waals surface area contributed by atoms with Crippen LogP contribution >= 0.6 is 11.3 Å². The zero-order valence-electron chi connectivity index (χ0n) is 16.9. The predicted molar refractivity (Wildman–Crippen MR) is 109 cm³/mol. The molecule has 0 aliphatic heterocycles. The van der Waals surface area contributed by atoms with Gasteiger partial charge in [0, 0.05) is 16.1 Å². The first kappa shape index (κ1) is 23.6. The van der Waals surface area contributed by atoms with Crippen molar-refractivity contribution in [3.63, 3.8) is 0 Å². The molecule has 0 saturated heterocycles. The van der Waals surface area contributed by atoms with Crippen molar-refractivity contribution in [2.24, 2.45) is 4.36 Å². The Hall–Kier alpha value is -2.05. The Morgan fingerprint density at radius 1 is 1.35 bits per heavy atom. The van der Waals surface area contributed by atoms with E-state index in [1.807, 2.05) is 0 Å². The summed E-state index contributed by atoms with van der Waals surface area (Å²) in [5.74, 6) is -0.877. The van der Waals surface area contributed by atoms with Crippen LogP contribution in [0.5, 0.6) is 0 Å². The van der Waals surface area contributed by atoms with E-state index < -0.39 is 39.9 Å². The van der Waals surface area contributed by atoms with E-state index in [1.165, 1.54) is 20.8 Å². The molecule has 3 rings (SSSR count). The van der Waals surface area contributed by atoms with E-state index in [1.54, 1.807) is 0 Å². The maximum atomic E-state index is 14.1. The van der Waals surface area contributed by atoms with Crippen molar-refractivity contribution in [1.29, 1.82) is 0 Å². The van der Waals surface area contributed by atoms with Crippen LogP contribution in [0.3, 0.4) is 0 Å². The van der Waals surface area contributed by atoms with Gasteiger partial charge in [0.15, 0.2) is 5.82 Å². The number of halogens is 4. The van der Waals surface area contributed by atoms with Crippen LogP contribution in [-0.2, 0) is 41.6 Å². The topological polar surface area (TPSA) is 91.7 Å². The fourth-order valence-corrected chi connectivity index (χ4v) is 5.46. The van der Waals surface area contributed by atoms with Crippen LogP contribution in [0.4, 0.5) is 28.0 Å². The number of nitrogens with one attached hydrogen (secondary N) is 1. The maximum absolute atomic E-state index is 14.1. The molecule has 1 aliphatic rings. The number of rotatable bonds is 4. The highest BCUT2D eigenvalue weighted by Gasteiger charge is 2.38. The summed E-state index contributed by atoms with van der Waals surface area (Å²) in [7, 11) is -2.85. The summed E-state index contributed by atoms with van der Waals surface area (Å²) in [4.78, 5) is 16.4. The molecule has 0 saturated carbocycles. The summed E-state index contributed by atoms with van der Waals surface area (Å²) < 4.78 is 70.2. The summed E-state index contributed by atoms with van der Waals surface area (Å²) in [6.45, 7) is 4.36. The van der Waals surface area contributed by atoms with Crippen LogP contribution in [0.1, 0.15) is 54.6 Å². The lowest BCUT2D eigenvalue weighted by Crippen LogP contribution is -2.19. The van der Waals surface area contributed by atoms with Crippen molar-refractivity contribution in [3.05, 3.63) is 39.3 Å². The number of hydrogen-bond donors (Lipinski definition) is 3. The van der Waals surface area contributed by atoms with E-state index in [4.69, 9.17) is 0 Å². The Balaban J connectivity index is 1.98. The lowest BCUT2D eigenvalue weighted by atomic mass is 10.0. The number of urea groups is 1. The SMILES string of the molecule is CCc1c(C(F)(F)F)nc2c(c1NC(=O)/N=[SH](=O)/c1sc(C(C)(C)O)cc1F)CCC2. The number of thiophene rings is 1. The molecule has 0 spiro atoms. The molecule has 0 bridgehead atoms. The van der Waals surface area contributed by atoms with Gasteiger partial charge in [-0.1, -0.05) is 6.92 Å². The molecular formula is C19H21F4N3O3S2. The highest BCUT2D eigenvalue weighted by Crippen LogP contribution is 2.39. The third-order valence-corrected chi connectivity index (χ3v) is 7.70. The number of aliphatic hydroxyl groups is 1. The van der Waals surface area contributed by atoms with Gasteiger partial charge in [0.2, 0.25) is 0 Å². The molecule has 31 heavy (non-hydrogen) atoms. The van der Waals surface area contributed by atoms with E-state index in [0.717, 1.165) is 6.07 Å². The fourth-order valence-electron chi connectivity index (χ4n) is 3.40. The van der Waals surface area contributed by atoms with Crippen molar-refractivity contribution in [2.75, 3.05) is 5.32 Å². The zero-order chi connectivity index (χ0) is 23.1. The van der Waals surface area contributed by atoms with Crippen molar-refractivity contribution < 1.29 is 31.7 Å². The number of aryl methyl sites for hydroxylation is 1. The van der Waals surface area contributed by atoms with Gasteiger partial charge in [-0.3, -0.25) is 0 Å². The van der Waals surface area contributed by atoms with Crippen LogP contribution in [0.2, 0.25) is 0 Å². The van der Waals surface area contributed by atoms with Crippen LogP contribution in [0.25, 0.3) is 0 Å². The second kappa shape index (κ2) is 8.47. The van der Waals surface area contributed by atoms with E-state index in [0.29, 0.717) is 36.2 Å².